The Hall–Kier alpha value is -2.08. The lowest BCUT2D eigenvalue weighted by molar-refractivity contribution is -0.123. The molecule has 1 N–H and O–H groups in total. The second-order valence-electron chi connectivity index (χ2n) is 4.41. The van der Waals surface area contributed by atoms with Gasteiger partial charge in [-0.2, -0.15) is 5.10 Å². The number of hydrogen-bond donors (Lipinski definition) is 1. The number of hydrazone groups is 1. The lowest BCUT2D eigenvalue weighted by Gasteiger charge is -2.08. The van der Waals surface area contributed by atoms with Gasteiger partial charge in [-0.1, -0.05) is 15.9 Å². The van der Waals surface area contributed by atoms with E-state index in [9.17, 15) is 4.79 Å². The molecule has 0 aliphatic rings. The van der Waals surface area contributed by atoms with Crippen molar-refractivity contribution >= 4 is 27.5 Å². The molecule has 110 valence electrons. The van der Waals surface area contributed by atoms with Crippen LogP contribution in [-0.2, 0) is 4.79 Å². The zero-order chi connectivity index (χ0) is 15.2. The summed E-state index contributed by atoms with van der Waals surface area (Å²) in [5.41, 5.74) is 3.97. The van der Waals surface area contributed by atoms with Crippen LogP contribution in [0, 0.1) is 6.92 Å². The molecule has 0 saturated carbocycles. The summed E-state index contributed by atoms with van der Waals surface area (Å²) >= 11 is 3.37. The summed E-state index contributed by atoms with van der Waals surface area (Å²) in [6, 6.07) is 9.12. The molecule has 0 unspecified atom stereocenters. The number of ether oxygens (including phenoxy) is 1. The van der Waals surface area contributed by atoms with Crippen molar-refractivity contribution in [2.24, 2.45) is 5.10 Å². The van der Waals surface area contributed by atoms with Gasteiger partial charge in [0, 0.05) is 4.47 Å². The maximum Gasteiger partial charge on any atom is 0.277 e. The zero-order valence-corrected chi connectivity index (χ0v) is 13.3. The van der Waals surface area contributed by atoms with Crippen LogP contribution in [0.25, 0.3) is 0 Å². The molecule has 1 aromatic heterocycles. The van der Waals surface area contributed by atoms with E-state index in [1.807, 2.05) is 25.1 Å². The normalized spacial score (nSPS) is 11.3. The van der Waals surface area contributed by atoms with Gasteiger partial charge in [-0.15, -0.1) is 0 Å². The predicted molar refractivity (Wildman–Crippen MR) is 83.4 cm³/mol. The molecular weight excluding hydrogens is 336 g/mol. The van der Waals surface area contributed by atoms with E-state index in [1.165, 1.54) is 0 Å². The highest BCUT2D eigenvalue weighted by molar-refractivity contribution is 9.10. The highest BCUT2D eigenvalue weighted by Crippen LogP contribution is 2.21. The van der Waals surface area contributed by atoms with Crippen LogP contribution in [0.5, 0.6) is 5.75 Å². The maximum atomic E-state index is 11.7. The molecule has 1 heterocycles. The molecule has 5 nitrogen and oxygen atoms in total. The molecule has 0 saturated heterocycles. The lowest BCUT2D eigenvalue weighted by Crippen LogP contribution is -2.25. The fraction of sp³-hybridized carbons (Fsp3) is 0.200. The van der Waals surface area contributed by atoms with E-state index in [-0.39, 0.29) is 12.5 Å². The molecule has 6 heteroatoms. The first-order valence-electron chi connectivity index (χ1n) is 6.32. The summed E-state index contributed by atoms with van der Waals surface area (Å²) in [5, 5.41) is 3.95. The van der Waals surface area contributed by atoms with Gasteiger partial charge in [0.2, 0.25) is 0 Å². The number of furan rings is 1. The number of carbonyl (C=O) groups excluding carboxylic acids is 1. The van der Waals surface area contributed by atoms with Gasteiger partial charge >= 0.3 is 0 Å². The summed E-state index contributed by atoms with van der Waals surface area (Å²) in [5.74, 6) is 0.947. The van der Waals surface area contributed by atoms with E-state index < -0.39 is 0 Å². The Balaban J connectivity index is 1.86. The van der Waals surface area contributed by atoms with Crippen molar-refractivity contribution in [1.29, 1.82) is 0 Å². The highest BCUT2D eigenvalue weighted by Gasteiger charge is 2.06. The molecule has 0 bridgehead atoms. The summed E-state index contributed by atoms with van der Waals surface area (Å²) in [6.07, 6.45) is 1.55. The molecule has 0 atom stereocenters. The van der Waals surface area contributed by atoms with Gasteiger partial charge in [-0.05, 0) is 49.7 Å². The standard InChI is InChI=1S/C15H15BrN2O3/c1-10-8-12(16)5-6-13(10)21-9-15(19)18-17-11(2)14-4-3-7-20-14/h3-8H,9H2,1-2H3,(H,18,19). The average Bonchev–Trinajstić information content (AvgIpc) is 2.98. The van der Waals surface area contributed by atoms with Crippen LogP contribution in [0.1, 0.15) is 18.2 Å². The molecule has 1 aromatic carbocycles. The summed E-state index contributed by atoms with van der Waals surface area (Å²) in [6.45, 7) is 3.56. The van der Waals surface area contributed by atoms with Crippen molar-refractivity contribution in [3.63, 3.8) is 0 Å². The number of halogens is 1. The summed E-state index contributed by atoms with van der Waals surface area (Å²) in [7, 11) is 0. The monoisotopic (exact) mass is 350 g/mol. The van der Waals surface area contributed by atoms with Gasteiger partial charge in [0.15, 0.2) is 6.61 Å². The first-order chi connectivity index (χ1) is 10.1. The Bertz CT molecular complexity index is 651. The van der Waals surface area contributed by atoms with E-state index in [4.69, 9.17) is 9.15 Å². The van der Waals surface area contributed by atoms with Crippen LogP contribution in [-0.4, -0.2) is 18.2 Å². The van der Waals surface area contributed by atoms with Gasteiger partial charge in [-0.25, -0.2) is 5.43 Å². The van der Waals surface area contributed by atoms with Crippen LogP contribution in [0.3, 0.4) is 0 Å². The quantitative estimate of drug-likeness (QED) is 0.664. The SMILES string of the molecule is CC(=NNC(=O)COc1ccc(Br)cc1C)c1ccco1. The number of nitrogens with zero attached hydrogens (tertiary/aromatic N) is 1. The number of rotatable bonds is 5. The van der Waals surface area contributed by atoms with Gasteiger partial charge < -0.3 is 9.15 Å². The van der Waals surface area contributed by atoms with Crippen molar-refractivity contribution in [1.82, 2.24) is 5.43 Å². The molecule has 2 aromatic rings. The van der Waals surface area contributed by atoms with Crippen molar-refractivity contribution in [3.05, 3.63) is 52.4 Å². The van der Waals surface area contributed by atoms with Crippen molar-refractivity contribution in [2.75, 3.05) is 6.61 Å². The topological polar surface area (TPSA) is 63.8 Å². The Morgan fingerprint density at radius 2 is 2.24 bits per heavy atom. The predicted octanol–water partition coefficient (Wildman–Crippen LogP) is 3.27. The number of nitrogens with one attached hydrogen (secondary N) is 1. The Morgan fingerprint density at radius 3 is 2.90 bits per heavy atom. The van der Waals surface area contributed by atoms with Crippen molar-refractivity contribution in [2.45, 2.75) is 13.8 Å². The number of amides is 1. The van der Waals surface area contributed by atoms with Crippen molar-refractivity contribution < 1.29 is 13.9 Å². The third-order valence-electron chi connectivity index (χ3n) is 2.72. The largest absolute Gasteiger partial charge is 0.483 e. The third-order valence-corrected chi connectivity index (χ3v) is 3.22. The molecule has 2 rings (SSSR count). The van der Waals surface area contributed by atoms with E-state index in [0.717, 1.165) is 10.0 Å². The first kappa shape index (κ1) is 15.3. The minimum atomic E-state index is -0.330. The van der Waals surface area contributed by atoms with Crippen LogP contribution in [0.2, 0.25) is 0 Å². The Labute approximate surface area is 131 Å². The average molecular weight is 351 g/mol. The second-order valence-corrected chi connectivity index (χ2v) is 5.32. The third kappa shape index (κ3) is 4.46. The van der Waals surface area contributed by atoms with Crippen LogP contribution in [0.4, 0.5) is 0 Å². The van der Waals surface area contributed by atoms with Gasteiger partial charge in [0.1, 0.15) is 17.2 Å². The van der Waals surface area contributed by atoms with Crippen LogP contribution in [0.15, 0.2) is 50.6 Å². The number of aryl methyl sites for hydroxylation is 1. The lowest BCUT2D eigenvalue weighted by atomic mass is 10.2. The molecule has 0 aliphatic carbocycles. The molecule has 1 amide bonds. The van der Waals surface area contributed by atoms with Gasteiger partial charge in [0.25, 0.3) is 5.91 Å². The first-order valence-corrected chi connectivity index (χ1v) is 7.11. The molecular formula is C15H15BrN2O3. The molecule has 0 aliphatic heterocycles. The minimum absolute atomic E-state index is 0.0998. The summed E-state index contributed by atoms with van der Waals surface area (Å²) in [4.78, 5) is 11.7. The van der Waals surface area contributed by atoms with Crippen LogP contribution >= 0.6 is 15.9 Å². The molecule has 0 radical (unpaired) electrons. The van der Waals surface area contributed by atoms with Crippen molar-refractivity contribution in [3.8, 4) is 5.75 Å². The Morgan fingerprint density at radius 1 is 1.43 bits per heavy atom. The second kappa shape index (κ2) is 7.08. The minimum Gasteiger partial charge on any atom is -0.483 e. The van der Waals surface area contributed by atoms with Crippen LogP contribution < -0.4 is 10.2 Å². The summed E-state index contributed by atoms with van der Waals surface area (Å²) < 4.78 is 11.6. The number of benzene rings is 1. The Kier molecular flexibility index (Phi) is 5.16. The zero-order valence-electron chi connectivity index (χ0n) is 11.7. The van der Waals surface area contributed by atoms with E-state index in [2.05, 4.69) is 26.5 Å². The van der Waals surface area contributed by atoms with Gasteiger partial charge in [-0.3, -0.25) is 4.79 Å². The fourth-order valence-electron chi connectivity index (χ4n) is 1.64. The number of hydrogen-bond acceptors (Lipinski definition) is 4. The molecule has 21 heavy (non-hydrogen) atoms. The van der Waals surface area contributed by atoms with Gasteiger partial charge in [0.05, 0.1) is 6.26 Å². The molecule has 0 spiro atoms. The number of carbonyl (C=O) groups is 1. The highest BCUT2D eigenvalue weighted by atomic mass is 79.9. The maximum absolute atomic E-state index is 11.7. The smallest absolute Gasteiger partial charge is 0.277 e. The van der Waals surface area contributed by atoms with E-state index >= 15 is 0 Å². The van der Waals surface area contributed by atoms with E-state index in [1.54, 1.807) is 25.3 Å². The fourth-order valence-corrected chi connectivity index (χ4v) is 2.11. The molecule has 0 fully saturated rings. The van der Waals surface area contributed by atoms with E-state index in [0.29, 0.717) is 17.2 Å².